The van der Waals surface area contributed by atoms with E-state index < -0.39 is 0 Å². The van der Waals surface area contributed by atoms with E-state index in [4.69, 9.17) is 17.0 Å². The summed E-state index contributed by atoms with van der Waals surface area (Å²) in [5.74, 6) is 0.341. The first-order chi connectivity index (χ1) is 18.6. The van der Waals surface area contributed by atoms with Gasteiger partial charge in [0.15, 0.2) is 0 Å². The van der Waals surface area contributed by atoms with Gasteiger partial charge in [0.1, 0.15) is 15.8 Å². The van der Waals surface area contributed by atoms with Crippen LogP contribution >= 0.6 is 24.0 Å². The number of unbranched alkanes of at least 4 members (excludes halogenated alkanes) is 9. The summed E-state index contributed by atoms with van der Waals surface area (Å²) in [5.41, 5.74) is 0.697. The summed E-state index contributed by atoms with van der Waals surface area (Å²) >= 11 is 6.79. The second-order valence-electron chi connectivity index (χ2n) is 9.60. The fourth-order valence-electron chi connectivity index (χ4n) is 4.47. The number of aromatic nitrogens is 2. The Balaban J connectivity index is 1.61. The number of nitrogens with zero attached hydrogens (tertiary/aromatic N) is 3. The molecule has 7 nitrogen and oxygen atoms in total. The van der Waals surface area contributed by atoms with Crippen LogP contribution in [0.15, 0.2) is 34.1 Å². The SMILES string of the molecule is CCCCCCCCCCCCN1C(=O)/C(=C\c2c(NCCCOCC)nc3ccccn3c2=O)SC1=S. The zero-order valence-electron chi connectivity index (χ0n) is 22.9. The lowest BCUT2D eigenvalue weighted by molar-refractivity contribution is -0.122. The van der Waals surface area contributed by atoms with Gasteiger partial charge in [-0.05, 0) is 38.0 Å². The van der Waals surface area contributed by atoms with Gasteiger partial charge in [0.05, 0.1) is 10.5 Å². The highest BCUT2D eigenvalue weighted by molar-refractivity contribution is 8.26. The van der Waals surface area contributed by atoms with E-state index in [-0.39, 0.29) is 11.5 Å². The van der Waals surface area contributed by atoms with Crippen LogP contribution in [0.2, 0.25) is 0 Å². The molecule has 1 fully saturated rings. The van der Waals surface area contributed by atoms with Gasteiger partial charge >= 0.3 is 0 Å². The van der Waals surface area contributed by atoms with Crippen LogP contribution in [0.1, 0.15) is 90.0 Å². The van der Waals surface area contributed by atoms with Gasteiger partial charge in [0.25, 0.3) is 11.5 Å². The molecule has 0 aliphatic carbocycles. The summed E-state index contributed by atoms with van der Waals surface area (Å²) in [6.45, 7) is 6.73. The van der Waals surface area contributed by atoms with Gasteiger partial charge in [0, 0.05) is 32.5 Å². The van der Waals surface area contributed by atoms with Crippen molar-refractivity contribution in [1.29, 1.82) is 0 Å². The number of anilines is 1. The third-order valence-corrected chi connectivity index (χ3v) is 7.99. The minimum Gasteiger partial charge on any atom is -0.382 e. The van der Waals surface area contributed by atoms with Crippen molar-refractivity contribution < 1.29 is 9.53 Å². The summed E-state index contributed by atoms with van der Waals surface area (Å²) in [5, 5.41) is 3.27. The van der Waals surface area contributed by atoms with E-state index in [2.05, 4.69) is 17.2 Å². The van der Waals surface area contributed by atoms with E-state index in [0.29, 0.717) is 52.6 Å². The Morgan fingerprint density at radius 3 is 2.42 bits per heavy atom. The average molecular weight is 559 g/mol. The van der Waals surface area contributed by atoms with Crippen molar-refractivity contribution in [2.24, 2.45) is 0 Å². The molecule has 3 heterocycles. The molecular weight excluding hydrogens is 516 g/mol. The highest BCUT2D eigenvalue weighted by Crippen LogP contribution is 2.33. The second-order valence-corrected chi connectivity index (χ2v) is 11.3. The molecule has 1 N–H and O–H groups in total. The molecule has 208 valence electrons. The van der Waals surface area contributed by atoms with Crippen molar-refractivity contribution in [2.45, 2.75) is 84.5 Å². The Morgan fingerprint density at radius 2 is 1.71 bits per heavy atom. The van der Waals surface area contributed by atoms with E-state index in [9.17, 15) is 9.59 Å². The number of amides is 1. The third-order valence-electron chi connectivity index (χ3n) is 6.62. The van der Waals surface area contributed by atoms with Gasteiger partial charge in [-0.25, -0.2) is 4.98 Å². The van der Waals surface area contributed by atoms with Gasteiger partial charge < -0.3 is 10.1 Å². The molecule has 0 atom stereocenters. The minimum absolute atomic E-state index is 0.129. The number of nitrogens with one attached hydrogen (secondary N) is 1. The van der Waals surface area contributed by atoms with Gasteiger partial charge in [-0.3, -0.25) is 18.9 Å². The number of thiocarbonyl (C=S) groups is 1. The van der Waals surface area contributed by atoms with E-state index >= 15 is 0 Å². The number of rotatable bonds is 18. The normalized spacial score (nSPS) is 14.8. The average Bonchev–Trinajstić information content (AvgIpc) is 3.18. The maximum absolute atomic E-state index is 13.4. The second kappa shape index (κ2) is 16.7. The van der Waals surface area contributed by atoms with Gasteiger partial charge in [0.2, 0.25) is 0 Å². The molecule has 1 aliphatic rings. The lowest BCUT2D eigenvalue weighted by atomic mass is 10.1. The molecule has 0 saturated carbocycles. The predicted molar refractivity (Wildman–Crippen MR) is 163 cm³/mol. The number of fused-ring (bicyclic) bond motifs is 1. The Bertz CT molecular complexity index is 1150. The van der Waals surface area contributed by atoms with E-state index in [1.165, 1.54) is 67.5 Å². The van der Waals surface area contributed by atoms with Gasteiger partial charge in [-0.15, -0.1) is 0 Å². The first-order valence-electron chi connectivity index (χ1n) is 14.1. The Kier molecular flexibility index (Phi) is 13.3. The fraction of sp³-hybridized carbons (Fsp3) is 0.586. The molecular formula is C29H42N4O3S2. The molecule has 2 aromatic heterocycles. The molecule has 9 heteroatoms. The summed E-state index contributed by atoms with van der Waals surface area (Å²) < 4.78 is 7.47. The van der Waals surface area contributed by atoms with E-state index in [1.807, 2.05) is 13.0 Å². The standard InChI is InChI=1S/C29H42N4O3S2/c1-3-5-6-7-8-9-10-11-12-14-20-33-28(35)24(38-29(33)37)22-23-26(30-18-16-21-36-4-2)31-25-17-13-15-19-32(25)27(23)34/h13,15,17,19,22,30H,3-12,14,16,18,20-21H2,1-2H3/b24-22+. The molecule has 0 aromatic carbocycles. The van der Waals surface area contributed by atoms with Crippen LogP contribution in [-0.4, -0.2) is 50.8 Å². The molecule has 1 aliphatic heterocycles. The van der Waals surface area contributed by atoms with E-state index in [0.717, 1.165) is 19.3 Å². The molecule has 38 heavy (non-hydrogen) atoms. The van der Waals surface area contributed by atoms with Crippen molar-refractivity contribution in [3.05, 3.63) is 45.2 Å². The zero-order valence-corrected chi connectivity index (χ0v) is 24.5. The number of hydrogen-bond donors (Lipinski definition) is 1. The molecule has 0 bridgehead atoms. The third kappa shape index (κ3) is 8.92. The Morgan fingerprint density at radius 1 is 1.00 bits per heavy atom. The fourth-order valence-corrected chi connectivity index (χ4v) is 5.76. The summed E-state index contributed by atoms with van der Waals surface area (Å²) in [4.78, 5) is 33.4. The number of pyridine rings is 1. The van der Waals surface area contributed by atoms with Crippen LogP contribution in [0, 0.1) is 0 Å². The minimum atomic E-state index is -0.220. The van der Waals surface area contributed by atoms with Crippen LogP contribution in [0.3, 0.4) is 0 Å². The summed E-state index contributed by atoms with van der Waals surface area (Å²) in [7, 11) is 0. The Labute approximate surface area is 236 Å². The summed E-state index contributed by atoms with van der Waals surface area (Å²) in [6.07, 6.45) is 16.5. The van der Waals surface area contributed by atoms with Gasteiger partial charge in [-0.1, -0.05) is 94.8 Å². The number of carbonyl (C=O) groups excluding carboxylic acids is 1. The first kappa shape index (κ1) is 30.3. The number of thioether (sulfide) groups is 1. The first-order valence-corrected chi connectivity index (χ1v) is 15.4. The Hall–Kier alpha value is -2.23. The monoisotopic (exact) mass is 558 g/mol. The van der Waals surface area contributed by atoms with E-state index in [1.54, 1.807) is 29.3 Å². The molecule has 0 spiro atoms. The highest BCUT2D eigenvalue weighted by Gasteiger charge is 2.32. The topological polar surface area (TPSA) is 75.9 Å². The number of ether oxygens (including phenoxy) is 1. The quantitative estimate of drug-likeness (QED) is 0.125. The lowest BCUT2D eigenvalue weighted by Crippen LogP contribution is -2.29. The van der Waals surface area contributed by atoms with Crippen LogP contribution in [0.5, 0.6) is 0 Å². The maximum atomic E-state index is 13.4. The highest BCUT2D eigenvalue weighted by atomic mass is 32.2. The van der Waals surface area contributed by atoms with Crippen molar-refractivity contribution in [2.75, 3.05) is 31.6 Å². The largest absolute Gasteiger partial charge is 0.382 e. The van der Waals surface area contributed by atoms with Crippen LogP contribution in [-0.2, 0) is 9.53 Å². The number of hydrogen-bond acceptors (Lipinski definition) is 7. The molecule has 1 amide bonds. The van der Waals surface area contributed by atoms with Crippen LogP contribution in [0.25, 0.3) is 11.7 Å². The van der Waals surface area contributed by atoms with Crippen molar-refractivity contribution in [3.8, 4) is 0 Å². The number of carbonyl (C=O) groups is 1. The predicted octanol–water partition coefficient (Wildman–Crippen LogP) is 6.66. The van der Waals surface area contributed by atoms with Crippen molar-refractivity contribution in [1.82, 2.24) is 14.3 Å². The molecule has 2 aromatic rings. The maximum Gasteiger partial charge on any atom is 0.267 e. The molecule has 0 unspecified atom stereocenters. The molecule has 0 radical (unpaired) electrons. The smallest absolute Gasteiger partial charge is 0.267 e. The zero-order chi connectivity index (χ0) is 27.2. The van der Waals surface area contributed by atoms with Crippen molar-refractivity contribution in [3.63, 3.8) is 0 Å². The molecule has 1 saturated heterocycles. The van der Waals surface area contributed by atoms with Crippen LogP contribution in [0.4, 0.5) is 5.82 Å². The van der Waals surface area contributed by atoms with Crippen LogP contribution < -0.4 is 10.9 Å². The van der Waals surface area contributed by atoms with Crippen molar-refractivity contribution >= 4 is 51.7 Å². The summed E-state index contributed by atoms with van der Waals surface area (Å²) in [6, 6.07) is 5.43. The van der Waals surface area contributed by atoms with Gasteiger partial charge in [-0.2, -0.15) is 0 Å². The lowest BCUT2D eigenvalue weighted by Gasteiger charge is -2.14. The molecule has 3 rings (SSSR count).